The molecule has 58 valence electrons. The summed E-state index contributed by atoms with van der Waals surface area (Å²) in [4.78, 5) is 6.69. The number of nitrogens with one attached hydrogen (secondary N) is 1. The van der Waals surface area contributed by atoms with Crippen LogP contribution >= 0.6 is 15.9 Å². The number of hydrogen-bond donors (Lipinski definition) is 1. The number of nitrogens with zero attached hydrogens (tertiary/aromatic N) is 1. The second-order valence-electron chi connectivity index (χ2n) is 1.76. The molecule has 0 radical (unpaired) electrons. The second kappa shape index (κ2) is 4.07. The molecule has 0 aliphatic carbocycles. The Kier molecular flexibility index (Phi) is 3.34. The van der Waals surface area contributed by atoms with E-state index in [-0.39, 0.29) is 5.83 Å². The van der Waals surface area contributed by atoms with Crippen LogP contribution in [-0.4, -0.2) is 14.4 Å². The van der Waals surface area contributed by atoms with Crippen molar-refractivity contribution in [3.8, 4) is 0 Å². The second-order valence-corrected chi connectivity index (χ2v) is 3.46. The standard InChI is InChI=1S/C6H4BrFN2.W/c1-4(8)2-6-9-3-5(7)10-6;/h1-3H,(H,9,10);/b4-2+;. The van der Waals surface area contributed by atoms with Gasteiger partial charge in [0.05, 0.1) is 0 Å². The minimum absolute atomic E-state index is 0.262. The monoisotopic (exact) mass is 386 g/mol. The average molecular weight is 387 g/mol. The van der Waals surface area contributed by atoms with E-state index in [9.17, 15) is 4.39 Å². The van der Waals surface area contributed by atoms with Crippen LogP contribution in [-0.2, 0) is 19.4 Å². The molecule has 5 heteroatoms. The number of imidazole rings is 1. The van der Waals surface area contributed by atoms with Crippen molar-refractivity contribution in [2.75, 3.05) is 0 Å². The van der Waals surface area contributed by atoms with Crippen LogP contribution < -0.4 is 0 Å². The zero-order valence-corrected chi connectivity index (χ0v) is 9.86. The first-order valence-electron chi connectivity index (χ1n) is 2.75. The fraction of sp³-hybridized carbons (Fsp3) is 0. The van der Waals surface area contributed by atoms with E-state index in [1.165, 1.54) is 10.5 Å². The first kappa shape index (κ1) is 9.01. The van der Waals surface area contributed by atoms with Crippen LogP contribution in [0.5, 0.6) is 0 Å². The van der Waals surface area contributed by atoms with Gasteiger partial charge in [-0.2, -0.15) is 0 Å². The van der Waals surface area contributed by atoms with Crippen LogP contribution in [0.2, 0.25) is 0 Å². The van der Waals surface area contributed by atoms with Crippen molar-refractivity contribution in [1.82, 2.24) is 9.97 Å². The molecule has 0 aromatic carbocycles. The quantitative estimate of drug-likeness (QED) is 0.825. The van der Waals surface area contributed by atoms with E-state index >= 15 is 0 Å². The van der Waals surface area contributed by atoms with Crippen molar-refractivity contribution in [3.63, 3.8) is 0 Å². The van der Waals surface area contributed by atoms with Crippen molar-refractivity contribution in [1.29, 1.82) is 0 Å². The Morgan fingerprint density at radius 2 is 2.55 bits per heavy atom. The summed E-state index contributed by atoms with van der Waals surface area (Å²) >= 11 is 4.25. The normalized spacial score (nSPS) is 11.6. The molecule has 1 aromatic rings. The van der Waals surface area contributed by atoms with Crippen molar-refractivity contribution >= 4 is 26.4 Å². The number of H-pyrrole nitrogens is 1. The topological polar surface area (TPSA) is 28.7 Å². The van der Waals surface area contributed by atoms with Gasteiger partial charge in [-0.15, -0.1) is 0 Å². The Bertz CT molecular complexity index is 295. The Morgan fingerprint density at radius 1 is 1.82 bits per heavy atom. The van der Waals surface area contributed by atoms with Gasteiger partial charge >= 0.3 is 82.6 Å². The van der Waals surface area contributed by atoms with Crippen LogP contribution in [0.1, 0.15) is 5.82 Å². The third kappa shape index (κ3) is 2.79. The average Bonchev–Trinajstić information content (AvgIpc) is 2.35. The van der Waals surface area contributed by atoms with E-state index in [4.69, 9.17) is 0 Å². The summed E-state index contributed by atoms with van der Waals surface area (Å²) in [7, 11) is 0. The van der Waals surface area contributed by atoms with Gasteiger partial charge in [0.2, 0.25) is 0 Å². The van der Waals surface area contributed by atoms with Gasteiger partial charge in [0, 0.05) is 0 Å². The fourth-order valence-electron chi connectivity index (χ4n) is 0.551. The summed E-state index contributed by atoms with van der Waals surface area (Å²) in [6.07, 6.45) is 2.93. The summed E-state index contributed by atoms with van der Waals surface area (Å²) in [5, 5.41) is 0. The molecule has 0 atom stereocenters. The molecule has 0 saturated heterocycles. The van der Waals surface area contributed by atoms with Gasteiger partial charge in [0.1, 0.15) is 0 Å². The van der Waals surface area contributed by atoms with Crippen molar-refractivity contribution < 1.29 is 23.7 Å². The molecule has 0 spiro atoms. The van der Waals surface area contributed by atoms with Gasteiger partial charge in [0.25, 0.3) is 0 Å². The number of allylic oxidation sites excluding steroid dienone is 1. The molecule has 11 heavy (non-hydrogen) atoms. The van der Waals surface area contributed by atoms with E-state index in [1.807, 2.05) is 0 Å². The molecular formula is C6H4BrFN2W. The third-order valence-electron chi connectivity index (χ3n) is 0.952. The Labute approximate surface area is 82.5 Å². The van der Waals surface area contributed by atoms with Gasteiger partial charge in [-0.1, -0.05) is 0 Å². The zero-order chi connectivity index (χ0) is 8.27. The van der Waals surface area contributed by atoms with Crippen molar-refractivity contribution in [2.45, 2.75) is 0 Å². The van der Waals surface area contributed by atoms with Crippen LogP contribution in [0, 0.1) is 0 Å². The summed E-state index contributed by atoms with van der Waals surface area (Å²) < 4.78 is 14.8. The number of halogens is 2. The molecule has 0 fully saturated rings. The molecular weight excluding hydrogens is 383 g/mol. The van der Waals surface area contributed by atoms with Crippen LogP contribution in [0.4, 0.5) is 4.39 Å². The molecule has 1 N–H and O–H groups in total. The van der Waals surface area contributed by atoms with E-state index < -0.39 is 0 Å². The summed E-state index contributed by atoms with van der Waals surface area (Å²) in [5.41, 5.74) is 0. The third-order valence-corrected chi connectivity index (χ3v) is 2.16. The summed E-state index contributed by atoms with van der Waals surface area (Å²) in [5.74, 6) is 0.258. The first-order chi connectivity index (χ1) is 5.22. The molecule has 0 aliphatic rings. The molecule has 0 amide bonds. The summed E-state index contributed by atoms with van der Waals surface area (Å²) in [6.45, 7) is 0. The molecule has 0 bridgehead atoms. The van der Waals surface area contributed by atoms with E-state index in [1.54, 1.807) is 6.20 Å². The van der Waals surface area contributed by atoms with Gasteiger partial charge in [-0.05, 0) is 0 Å². The zero-order valence-electron chi connectivity index (χ0n) is 5.34. The summed E-state index contributed by atoms with van der Waals surface area (Å²) in [6, 6.07) is 0. The number of aromatic amines is 1. The van der Waals surface area contributed by atoms with Crippen LogP contribution in [0.15, 0.2) is 16.6 Å². The number of hydrogen-bond acceptors (Lipinski definition) is 1. The molecule has 0 saturated carbocycles. The molecule has 0 unspecified atom stereocenters. The Hall–Kier alpha value is -0.0817. The first-order valence-corrected chi connectivity index (χ1v) is 5.24. The molecule has 1 heterocycles. The van der Waals surface area contributed by atoms with Crippen molar-refractivity contribution in [3.05, 3.63) is 22.5 Å². The predicted molar refractivity (Wildman–Crippen MR) is 41.4 cm³/mol. The van der Waals surface area contributed by atoms with Crippen LogP contribution in [0.3, 0.4) is 0 Å². The van der Waals surface area contributed by atoms with Gasteiger partial charge in [0.15, 0.2) is 0 Å². The fourth-order valence-corrected chi connectivity index (χ4v) is 1.10. The Morgan fingerprint density at radius 3 is 3.00 bits per heavy atom. The maximum atomic E-state index is 12.6. The van der Waals surface area contributed by atoms with E-state index in [0.29, 0.717) is 5.82 Å². The molecule has 2 nitrogen and oxygen atoms in total. The molecule has 0 aliphatic heterocycles. The minimum atomic E-state index is -0.262. The van der Waals surface area contributed by atoms with E-state index in [0.717, 1.165) is 24.0 Å². The Balaban J connectivity index is 2.86. The van der Waals surface area contributed by atoms with Gasteiger partial charge in [-0.3, -0.25) is 0 Å². The van der Waals surface area contributed by atoms with E-state index in [2.05, 4.69) is 25.9 Å². The van der Waals surface area contributed by atoms with Gasteiger partial charge < -0.3 is 0 Å². The van der Waals surface area contributed by atoms with Crippen LogP contribution in [0.25, 0.3) is 6.08 Å². The number of aromatic nitrogens is 2. The van der Waals surface area contributed by atoms with Crippen molar-refractivity contribution in [2.24, 2.45) is 0 Å². The van der Waals surface area contributed by atoms with Gasteiger partial charge in [-0.25, -0.2) is 0 Å². The molecule has 1 aromatic heterocycles. The maximum absolute atomic E-state index is 12.6. The number of rotatable bonds is 2. The predicted octanol–water partition coefficient (Wildman–Crippen LogP) is 1.83. The molecule has 1 rings (SSSR count). The SMILES string of the molecule is F/C([CH]=[W])=C/c1ncc(Br)[nH]1.